The van der Waals surface area contributed by atoms with Crippen molar-refractivity contribution in [2.45, 2.75) is 19.1 Å². The Bertz CT molecular complexity index is 289. The summed E-state index contributed by atoms with van der Waals surface area (Å²) in [6.45, 7) is 1.57. The maximum Gasteiger partial charge on any atom is 0.124 e. The highest BCUT2D eigenvalue weighted by molar-refractivity contribution is 9.10. The van der Waals surface area contributed by atoms with Gasteiger partial charge < -0.3 is 10.8 Å². The molecule has 2 atom stereocenters. The zero-order valence-corrected chi connectivity index (χ0v) is 9.98. The highest BCUT2D eigenvalue weighted by Gasteiger charge is 2.13. The first-order chi connectivity index (χ1) is 6.00. The monoisotopic (exact) mass is 283 g/mol. The molecule has 14 heavy (non-hydrogen) atoms. The molecule has 0 aliphatic rings. The second-order valence-electron chi connectivity index (χ2n) is 2.97. The number of rotatable bonds is 2. The maximum absolute atomic E-state index is 12.9. The third-order valence-electron chi connectivity index (χ3n) is 1.79. The quantitative estimate of drug-likeness (QED) is 0.876. The molecule has 0 aromatic heterocycles. The second kappa shape index (κ2) is 5.66. The zero-order valence-electron chi connectivity index (χ0n) is 7.58. The van der Waals surface area contributed by atoms with Gasteiger partial charge in [-0.3, -0.25) is 0 Å². The Hall–Kier alpha value is -0.160. The van der Waals surface area contributed by atoms with Crippen molar-refractivity contribution in [1.82, 2.24) is 0 Å². The van der Waals surface area contributed by atoms with Crippen molar-refractivity contribution < 1.29 is 9.50 Å². The van der Waals surface area contributed by atoms with Gasteiger partial charge in [-0.05, 0) is 30.7 Å². The van der Waals surface area contributed by atoms with Gasteiger partial charge in [0.2, 0.25) is 0 Å². The van der Waals surface area contributed by atoms with Crippen molar-refractivity contribution in [3.05, 3.63) is 34.1 Å². The van der Waals surface area contributed by atoms with Gasteiger partial charge in [0.15, 0.2) is 0 Å². The van der Waals surface area contributed by atoms with Gasteiger partial charge in [0, 0.05) is 4.47 Å². The van der Waals surface area contributed by atoms with Gasteiger partial charge in [-0.1, -0.05) is 15.9 Å². The molecule has 0 aliphatic carbocycles. The normalized spacial score (nSPS) is 14.4. The molecule has 80 valence electrons. The molecule has 1 aromatic carbocycles. The Labute approximate surface area is 96.8 Å². The molecule has 2 nitrogen and oxygen atoms in total. The van der Waals surface area contributed by atoms with Crippen LogP contribution in [0.5, 0.6) is 0 Å². The van der Waals surface area contributed by atoms with Crippen molar-refractivity contribution in [2.24, 2.45) is 5.73 Å². The topological polar surface area (TPSA) is 46.2 Å². The lowest BCUT2D eigenvalue weighted by Crippen LogP contribution is -2.23. The van der Waals surface area contributed by atoms with Gasteiger partial charge in [-0.15, -0.1) is 12.4 Å². The summed E-state index contributed by atoms with van der Waals surface area (Å²) in [6.07, 6.45) is -0.686. The molecule has 1 aromatic rings. The van der Waals surface area contributed by atoms with Crippen LogP contribution in [0.4, 0.5) is 4.39 Å². The van der Waals surface area contributed by atoms with E-state index in [9.17, 15) is 9.50 Å². The van der Waals surface area contributed by atoms with E-state index in [1.54, 1.807) is 13.0 Å². The molecule has 5 heteroatoms. The van der Waals surface area contributed by atoms with Crippen molar-refractivity contribution in [3.8, 4) is 0 Å². The molecular formula is C9H12BrClFNO. The second-order valence-corrected chi connectivity index (χ2v) is 3.88. The predicted molar refractivity (Wildman–Crippen MR) is 60.0 cm³/mol. The van der Waals surface area contributed by atoms with E-state index in [1.165, 1.54) is 12.1 Å². The van der Waals surface area contributed by atoms with E-state index >= 15 is 0 Å². The molecule has 0 aliphatic heterocycles. The van der Waals surface area contributed by atoms with Crippen molar-refractivity contribution in [2.75, 3.05) is 0 Å². The van der Waals surface area contributed by atoms with Crippen LogP contribution < -0.4 is 5.73 Å². The van der Waals surface area contributed by atoms with E-state index in [0.29, 0.717) is 10.0 Å². The summed E-state index contributed by atoms with van der Waals surface area (Å²) in [4.78, 5) is 0. The first-order valence-corrected chi connectivity index (χ1v) is 4.69. The Kier molecular flexibility index (Phi) is 5.59. The van der Waals surface area contributed by atoms with Gasteiger partial charge in [0.25, 0.3) is 0 Å². The predicted octanol–water partition coefficient (Wildman–Crippen LogP) is 2.39. The molecule has 0 bridgehead atoms. The largest absolute Gasteiger partial charge is 0.391 e. The number of aliphatic hydroxyl groups is 1. The average Bonchev–Trinajstić information content (AvgIpc) is 2.01. The first-order valence-electron chi connectivity index (χ1n) is 3.90. The highest BCUT2D eigenvalue weighted by Crippen LogP contribution is 2.20. The summed E-state index contributed by atoms with van der Waals surface area (Å²) in [6, 6.07) is 3.81. The van der Waals surface area contributed by atoms with Crippen LogP contribution in [0.3, 0.4) is 0 Å². The lowest BCUT2D eigenvalue weighted by Gasteiger charge is -2.15. The lowest BCUT2D eigenvalue weighted by molar-refractivity contribution is 0.164. The van der Waals surface area contributed by atoms with Gasteiger partial charge >= 0.3 is 0 Å². The van der Waals surface area contributed by atoms with Crippen LogP contribution in [-0.4, -0.2) is 11.2 Å². The summed E-state index contributed by atoms with van der Waals surface area (Å²) < 4.78 is 13.5. The molecular weight excluding hydrogens is 272 g/mol. The summed E-state index contributed by atoms with van der Waals surface area (Å²) in [7, 11) is 0. The fourth-order valence-electron chi connectivity index (χ4n) is 1.05. The molecule has 0 radical (unpaired) electrons. The van der Waals surface area contributed by atoms with E-state index in [4.69, 9.17) is 5.73 Å². The van der Waals surface area contributed by atoms with Crippen molar-refractivity contribution >= 4 is 28.3 Å². The molecule has 0 heterocycles. The summed E-state index contributed by atoms with van der Waals surface area (Å²) >= 11 is 3.15. The Morgan fingerprint density at radius 3 is 2.43 bits per heavy atom. The van der Waals surface area contributed by atoms with Crippen molar-refractivity contribution in [1.29, 1.82) is 0 Å². The Balaban J connectivity index is 0.00000169. The molecule has 0 spiro atoms. The summed E-state index contributed by atoms with van der Waals surface area (Å²) in [5, 5.41) is 9.19. The number of hydrogen-bond donors (Lipinski definition) is 2. The van der Waals surface area contributed by atoms with Crippen LogP contribution in [0.25, 0.3) is 0 Å². The van der Waals surface area contributed by atoms with Gasteiger partial charge in [0.05, 0.1) is 12.1 Å². The molecule has 3 N–H and O–H groups in total. The minimum Gasteiger partial charge on any atom is -0.391 e. The van der Waals surface area contributed by atoms with E-state index < -0.39 is 12.1 Å². The highest BCUT2D eigenvalue weighted by atomic mass is 79.9. The fraction of sp³-hybridized carbons (Fsp3) is 0.333. The fourth-order valence-corrected chi connectivity index (χ4v) is 1.53. The van der Waals surface area contributed by atoms with E-state index in [0.717, 1.165) is 0 Å². The standard InChI is InChI=1S/C9H11BrFNO.ClH/c1-5(13)9(12)6-2-7(10)4-8(11)3-6;/h2-5,9,13H,12H2,1H3;1H/t5-,9-;/m1./s1. The number of hydrogen-bond acceptors (Lipinski definition) is 2. The van der Waals surface area contributed by atoms with Crippen LogP contribution in [-0.2, 0) is 0 Å². The van der Waals surface area contributed by atoms with Crippen LogP contribution in [0.2, 0.25) is 0 Å². The van der Waals surface area contributed by atoms with Crippen LogP contribution in [0.1, 0.15) is 18.5 Å². The molecule has 0 fully saturated rings. The first kappa shape index (κ1) is 13.8. The maximum atomic E-state index is 12.9. The molecule has 0 saturated carbocycles. The number of benzene rings is 1. The van der Waals surface area contributed by atoms with Gasteiger partial charge in [-0.25, -0.2) is 4.39 Å². The molecule has 0 amide bonds. The van der Waals surface area contributed by atoms with E-state index in [1.807, 2.05) is 0 Å². The third-order valence-corrected chi connectivity index (χ3v) is 2.25. The average molecular weight is 285 g/mol. The van der Waals surface area contributed by atoms with Crippen LogP contribution >= 0.6 is 28.3 Å². The van der Waals surface area contributed by atoms with E-state index in [-0.39, 0.29) is 18.2 Å². The summed E-state index contributed by atoms with van der Waals surface area (Å²) in [5.41, 5.74) is 6.22. The smallest absolute Gasteiger partial charge is 0.124 e. The molecule has 0 saturated heterocycles. The number of halogens is 3. The SMILES string of the molecule is C[C@@H](O)[C@@H](N)c1cc(F)cc(Br)c1.Cl. The van der Waals surface area contributed by atoms with Crippen LogP contribution in [0, 0.1) is 5.82 Å². The third kappa shape index (κ3) is 3.53. The number of aliphatic hydroxyl groups excluding tert-OH is 1. The Morgan fingerprint density at radius 2 is 2.00 bits per heavy atom. The van der Waals surface area contributed by atoms with Gasteiger partial charge in [0.1, 0.15) is 5.82 Å². The number of nitrogens with two attached hydrogens (primary N) is 1. The van der Waals surface area contributed by atoms with E-state index in [2.05, 4.69) is 15.9 Å². The Morgan fingerprint density at radius 1 is 1.43 bits per heavy atom. The minimum atomic E-state index is -0.686. The summed E-state index contributed by atoms with van der Waals surface area (Å²) in [5.74, 6) is -0.361. The van der Waals surface area contributed by atoms with Crippen molar-refractivity contribution in [3.63, 3.8) is 0 Å². The lowest BCUT2D eigenvalue weighted by atomic mass is 10.0. The molecule has 1 rings (SSSR count). The zero-order chi connectivity index (χ0) is 10.0. The molecule has 0 unspecified atom stereocenters. The van der Waals surface area contributed by atoms with Crippen LogP contribution in [0.15, 0.2) is 22.7 Å². The van der Waals surface area contributed by atoms with Gasteiger partial charge in [-0.2, -0.15) is 0 Å². The minimum absolute atomic E-state index is 0.